The van der Waals surface area contributed by atoms with Crippen LogP contribution in [0.3, 0.4) is 0 Å². The Morgan fingerprint density at radius 1 is 1.26 bits per heavy atom. The molecule has 2 aliphatic rings. The summed E-state index contributed by atoms with van der Waals surface area (Å²) in [6, 6.07) is 2.56. The van der Waals surface area contributed by atoms with Crippen molar-refractivity contribution in [1.82, 2.24) is 25.0 Å². The molecule has 10 heteroatoms. The zero-order valence-electron chi connectivity index (χ0n) is 17.4. The minimum Gasteiger partial charge on any atom is -0.349 e. The molecule has 7 nitrogen and oxygen atoms in total. The van der Waals surface area contributed by atoms with E-state index in [1.165, 1.54) is 16.9 Å². The van der Waals surface area contributed by atoms with Crippen molar-refractivity contribution in [3.05, 3.63) is 46.8 Å². The van der Waals surface area contributed by atoms with Gasteiger partial charge in [0.2, 0.25) is 5.95 Å². The maximum atomic E-state index is 13.3. The van der Waals surface area contributed by atoms with Crippen LogP contribution in [-0.2, 0) is 7.05 Å². The normalized spacial score (nSPS) is 18.3. The first-order valence-electron chi connectivity index (χ1n) is 10.2. The first kappa shape index (κ1) is 21.3. The molecule has 0 radical (unpaired) electrons. The number of likely N-dealkylation sites (tertiary alicyclic amines) is 1. The van der Waals surface area contributed by atoms with Crippen molar-refractivity contribution in [1.29, 1.82) is 0 Å². The number of amides is 2. The van der Waals surface area contributed by atoms with Gasteiger partial charge >= 0.3 is 0 Å². The fraction of sp³-hybridized carbons (Fsp3) is 0.524. The second kappa shape index (κ2) is 7.97. The van der Waals surface area contributed by atoms with E-state index < -0.39 is 24.0 Å². The molecule has 0 atom stereocenters. The molecule has 3 heterocycles. The lowest BCUT2D eigenvalue weighted by Gasteiger charge is -2.52. The van der Waals surface area contributed by atoms with Crippen molar-refractivity contribution in [2.75, 3.05) is 13.1 Å². The molecule has 0 unspecified atom stereocenters. The highest BCUT2D eigenvalue weighted by molar-refractivity contribution is 5.96. The maximum absolute atomic E-state index is 13.3. The molecule has 31 heavy (non-hydrogen) atoms. The summed E-state index contributed by atoms with van der Waals surface area (Å²) < 4.78 is 41.2. The zero-order valence-corrected chi connectivity index (χ0v) is 17.4. The minimum atomic E-state index is -2.81. The molecule has 1 aliphatic carbocycles. The summed E-state index contributed by atoms with van der Waals surface area (Å²) in [5, 5.41) is 6.71. The van der Waals surface area contributed by atoms with Gasteiger partial charge in [-0.2, -0.15) is 9.49 Å². The molecule has 1 N–H and O–H groups in total. The van der Waals surface area contributed by atoms with Gasteiger partial charge in [0.05, 0.1) is 5.56 Å². The molecule has 1 saturated heterocycles. The fourth-order valence-corrected chi connectivity index (χ4v) is 4.70. The second-order valence-electron chi connectivity index (χ2n) is 8.51. The lowest BCUT2D eigenvalue weighted by molar-refractivity contribution is 0.00835. The standard InChI is InChI=1S/C21H24F3N5O2/c1-12-16(17(18(23)24)27-28(12)2)20(31)29-7-4-21(5-8-29)10-14(11-21)26-19(30)13-3-6-25-15(22)9-13/h3,6,9,14,18H,4-5,7-8,10-11H2,1-2H3,(H,26,30). The zero-order chi connectivity index (χ0) is 22.3. The van der Waals surface area contributed by atoms with E-state index in [0.717, 1.165) is 31.7 Å². The Morgan fingerprint density at radius 3 is 2.55 bits per heavy atom. The van der Waals surface area contributed by atoms with E-state index in [9.17, 15) is 22.8 Å². The molecule has 0 aromatic carbocycles. The van der Waals surface area contributed by atoms with Crippen molar-refractivity contribution in [2.45, 2.75) is 45.1 Å². The second-order valence-corrected chi connectivity index (χ2v) is 8.51. The number of hydrogen-bond acceptors (Lipinski definition) is 4. The summed E-state index contributed by atoms with van der Waals surface area (Å²) in [5.74, 6) is -1.44. The van der Waals surface area contributed by atoms with E-state index in [2.05, 4.69) is 15.4 Å². The highest BCUT2D eigenvalue weighted by Gasteiger charge is 2.47. The highest BCUT2D eigenvalue weighted by atomic mass is 19.3. The van der Waals surface area contributed by atoms with Crippen LogP contribution in [-0.4, -0.2) is 50.6 Å². The maximum Gasteiger partial charge on any atom is 0.282 e. The lowest BCUT2D eigenvalue weighted by Crippen LogP contribution is -2.55. The third kappa shape index (κ3) is 4.03. The van der Waals surface area contributed by atoms with Crippen LogP contribution in [0.1, 0.15) is 64.2 Å². The van der Waals surface area contributed by atoms with Crippen LogP contribution in [0.5, 0.6) is 0 Å². The molecule has 2 aromatic heterocycles. The van der Waals surface area contributed by atoms with Crippen LogP contribution >= 0.6 is 0 Å². The minimum absolute atomic E-state index is 0.00279. The Hall–Kier alpha value is -2.91. The third-order valence-corrected chi connectivity index (χ3v) is 6.58. The Balaban J connectivity index is 1.33. The van der Waals surface area contributed by atoms with E-state index in [1.807, 2.05) is 0 Å². The number of nitrogens with zero attached hydrogens (tertiary/aromatic N) is 4. The number of carbonyl (C=O) groups is 2. The number of nitrogens with one attached hydrogen (secondary N) is 1. The van der Waals surface area contributed by atoms with Gasteiger partial charge < -0.3 is 10.2 Å². The highest BCUT2D eigenvalue weighted by Crippen LogP contribution is 2.49. The summed E-state index contributed by atoms with van der Waals surface area (Å²) in [6.07, 6.45) is 1.50. The van der Waals surface area contributed by atoms with Crippen LogP contribution in [0, 0.1) is 18.3 Å². The van der Waals surface area contributed by atoms with Crippen LogP contribution in [0.25, 0.3) is 0 Å². The van der Waals surface area contributed by atoms with Gasteiger partial charge in [0.25, 0.3) is 18.2 Å². The van der Waals surface area contributed by atoms with Gasteiger partial charge in [0.15, 0.2) is 0 Å². The Labute approximate surface area is 177 Å². The molecule has 0 bridgehead atoms. The number of pyridine rings is 1. The molecule has 1 saturated carbocycles. The number of carbonyl (C=O) groups excluding carboxylic acids is 2. The Bertz CT molecular complexity index is 1010. The van der Waals surface area contributed by atoms with E-state index in [4.69, 9.17) is 0 Å². The number of alkyl halides is 2. The molecule has 1 aliphatic heterocycles. The number of aryl methyl sites for hydroxylation is 1. The van der Waals surface area contributed by atoms with Crippen molar-refractivity contribution in [3.63, 3.8) is 0 Å². The van der Waals surface area contributed by atoms with Gasteiger partial charge in [-0.1, -0.05) is 0 Å². The summed E-state index contributed by atoms with van der Waals surface area (Å²) in [7, 11) is 1.55. The molecule has 2 aromatic rings. The van der Waals surface area contributed by atoms with Gasteiger partial charge in [-0.15, -0.1) is 0 Å². The summed E-state index contributed by atoms with van der Waals surface area (Å²) in [4.78, 5) is 30.2. The molecule has 2 amide bonds. The van der Waals surface area contributed by atoms with Gasteiger partial charge in [-0.3, -0.25) is 14.3 Å². The van der Waals surface area contributed by atoms with Gasteiger partial charge in [0.1, 0.15) is 5.69 Å². The van der Waals surface area contributed by atoms with Crippen LogP contribution < -0.4 is 5.32 Å². The SMILES string of the molecule is Cc1c(C(=O)N2CCC3(CC2)CC(NC(=O)c2ccnc(F)c2)C3)c(C(F)F)nn1C. The van der Waals surface area contributed by atoms with Crippen LogP contribution in [0.15, 0.2) is 18.3 Å². The van der Waals surface area contributed by atoms with E-state index in [-0.39, 0.29) is 28.5 Å². The lowest BCUT2D eigenvalue weighted by atomic mass is 9.60. The molecule has 2 fully saturated rings. The number of piperidine rings is 1. The van der Waals surface area contributed by atoms with Gasteiger partial charge in [0, 0.05) is 49.7 Å². The summed E-state index contributed by atoms with van der Waals surface area (Å²) in [6.45, 7) is 2.57. The predicted molar refractivity (Wildman–Crippen MR) is 105 cm³/mol. The first-order valence-corrected chi connectivity index (χ1v) is 10.2. The Kier molecular flexibility index (Phi) is 5.49. The van der Waals surface area contributed by atoms with Crippen molar-refractivity contribution in [2.24, 2.45) is 12.5 Å². The quantitative estimate of drug-likeness (QED) is 0.749. The molecular weight excluding hydrogens is 411 g/mol. The molecular formula is C21H24F3N5O2. The van der Waals surface area contributed by atoms with Crippen LogP contribution in [0.4, 0.5) is 13.2 Å². The number of rotatable bonds is 4. The van der Waals surface area contributed by atoms with E-state index in [1.54, 1.807) is 18.9 Å². The predicted octanol–water partition coefficient (Wildman–Crippen LogP) is 3.02. The molecule has 1 spiro atoms. The molecule has 166 valence electrons. The largest absolute Gasteiger partial charge is 0.349 e. The van der Waals surface area contributed by atoms with Gasteiger partial charge in [-0.05, 0) is 44.1 Å². The number of hydrogen-bond donors (Lipinski definition) is 1. The average Bonchev–Trinajstić information content (AvgIpc) is 3.01. The topological polar surface area (TPSA) is 80.1 Å². The van der Waals surface area contributed by atoms with E-state index >= 15 is 0 Å². The number of halogens is 3. The van der Waals surface area contributed by atoms with E-state index in [0.29, 0.717) is 18.8 Å². The van der Waals surface area contributed by atoms with Gasteiger partial charge in [-0.25, -0.2) is 13.8 Å². The van der Waals surface area contributed by atoms with Crippen LogP contribution in [0.2, 0.25) is 0 Å². The average molecular weight is 435 g/mol. The Morgan fingerprint density at radius 2 is 1.94 bits per heavy atom. The smallest absolute Gasteiger partial charge is 0.282 e. The van der Waals surface area contributed by atoms with Crippen molar-refractivity contribution < 1.29 is 22.8 Å². The van der Waals surface area contributed by atoms with Crippen molar-refractivity contribution >= 4 is 11.8 Å². The monoisotopic (exact) mass is 435 g/mol. The molecule has 4 rings (SSSR count). The first-order chi connectivity index (χ1) is 14.7. The summed E-state index contributed by atoms with van der Waals surface area (Å²) in [5.41, 5.74) is 0.226. The third-order valence-electron chi connectivity index (χ3n) is 6.58. The van der Waals surface area contributed by atoms with Crippen molar-refractivity contribution in [3.8, 4) is 0 Å². The summed E-state index contributed by atoms with van der Waals surface area (Å²) >= 11 is 0. The number of aromatic nitrogens is 3. The fourth-order valence-electron chi connectivity index (χ4n) is 4.70.